The number of nitrogens with one attached hydrogen (secondary N) is 2. The van der Waals surface area contributed by atoms with Gasteiger partial charge in [0.1, 0.15) is 11.4 Å². The fraction of sp³-hybridized carbons (Fsp3) is 0.261. The lowest BCUT2D eigenvalue weighted by atomic mass is 10.1. The summed E-state index contributed by atoms with van der Waals surface area (Å²) < 4.78 is 0. The number of aryl methyl sites for hydroxylation is 1. The number of piperidine rings is 1. The smallest absolute Gasteiger partial charge is 0.254 e. The maximum atomic E-state index is 11.8. The zero-order chi connectivity index (χ0) is 21.8. The summed E-state index contributed by atoms with van der Waals surface area (Å²) in [7, 11) is 0. The number of benzene rings is 2. The van der Waals surface area contributed by atoms with E-state index in [4.69, 9.17) is 5.73 Å². The van der Waals surface area contributed by atoms with Gasteiger partial charge in [0.15, 0.2) is 0 Å². The highest BCUT2D eigenvalue weighted by molar-refractivity contribution is 5.98. The Morgan fingerprint density at radius 3 is 2.68 bits per heavy atom. The molecule has 1 aliphatic rings. The number of rotatable bonds is 6. The van der Waals surface area contributed by atoms with Gasteiger partial charge in [0.25, 0.3) is 5.91 Å². The number of aliphatic hydroxyl groups excluding tert-OH is 1. The van der Waals surface area contributed by atoms with Crippen LogP contribution in [0, 0.1) is 6.92 Å². The quantitative estimate of drug-likeness (QED) is 0.485. The summed E-state index contributed by atoms with van der Waals surface area (Å²) >= 11 is 0. The molecule has 8 heteroatoms. The zero-order valence-electron chi connectivity index (χ0n) is 17.4. The van der Waals surface area contributed by atoms with Crippen LogP contribution in [0.1, 0.15) is 28.8 Å². The van der Waals surface area contributed by atoms with Crippen molar-refractivity contribution in [2.45, 2.75) is 25.9 Å². The highest BCUT2D eigenvalue weighted by Gasteiger charge is 2.18. The topological polar surface area (TPSA) is 116 Å². The summed E-state index contributed by atoms with van der Waals surface area (Å²) in [4.78, 5) is 22.7. The molecule has 0 spiro atoms. The lowest BCUT2D eigenvalue weighted by molar-refractivity contribution is 0.100. The second-order valence-corrected chi connectivity index (χ2v) is 7.73. The standard InChI is InChI=1S/C23H26N6O2/c1-15-4-2-5-17(12-15)26-22-20(21(24)31)13-25-23(28-22)27-16-7-9-18(10-8-16)29-11-3-6-19(30)14-29/h2,4-5,7-10,12-13,19,30H,3,6,11,14H2,1H3,(H2,24,31)(H2,25,26,27,28)/t19-/m0/s1. The summed E-state index contributed by atoms with van der Waals surface area (Å²) in [5, 5.41) is 16.2. The molecule has 5 N–H and O–H groups in total. The average molecular weight is 419 g/mol. The average Bonchev–Trinajstić information content (AvgIpc) is 2.74. The van der Waals surface area contributed by atoms with E-state index in [2.05, 4.69) is 25.5 Å². The third kappa shape index (κ3) is 5.10. The first-order chi connectivity index (χ1) is 15.0. The van der Waals surface area contributed by atoms with Crippen LogP contribution in [0.5, 0.6) is 0 Å². The number of β-amino-alcohol motifs (C(OH)–C–C–N with tert-alkyl or cyclic N) is 1. The molecule has 0 aliphatic carbocycles. The van der Waals surface area contributed by atoms with E-state index in [9.17, 15) is 9.90 Å². The molecule has 1 atom stereocenters. The van der Waals surface area contributed by atoms with Gasteiger partial charge >= 0.3 is 0 Å². The van der Waals surface area contributed by atoms with Crippen molar-refractivity contribution in [1.29, 1.82) is 0 Å². The SMILES string of the molecule is Cc1cccc(Nc2nc(Nc3ccc(N4CCC[C@H](O)C4)cc3)ncc2C(N)=O)c1. The Bertz CT molecular complexity index is 1070. The Hall–Kier alpha value is -3.65. The van der Waals surface area contributed by atoms with Crippen LogP contribution in [0.25, 0.3) is 0 Å². The van der Waals surface area contributed by atoms with Gasteiger partial charge in [0.05, 0.1) is 6.10 Å². The largest absolute Gasteiger partial charge is 0.391 e. The first-order valence-electron chi connectivity index (χ1n) is 10.3. The van der Waals surface area contributed by atoms with Crippen LogP contribution in [0.3, 0.4) is 0 Å². The Morgan fingerprint density at radius 1 is 1.16 bits per heavy atom. The van der Waals surface area contributed by atoms with Gasteiger partial charge in [-0.1, -0.05) is 12.1 Å². The Morgan fingerprint density at radius 2 is 1.97 bits per heavy atom. The molecule has 2 aromatic carbocycles. The molecule has 0 unspecified atom stereocenters. The minimum atomic E-state index is -0.602. The number of nitrogens with two attached hydrogens (primary N) is 1. The molecular weight excluding hydrogens is 392 g/mol. The second-order valence-electron chi connectivity index (χ2n) is 7.73. The number of nitrogens with zero attached hydrogens (tertiary/aromatic N) is 3. The van der Waals surface area contributed by atoms with E-state index in [0.717, 1.165) is 42.0 Å². The summed E-state index contributed by atoms with van der Waals surface area (Å²) in [5.41, 5.74) is 9.48. The minimum Gasteiger partial charge on any atom is -0.391 e. The first-order valence-corrected chi connectivity index (χ1v) is 10.3. The molecule has 31 heavy (non-hydrogen) atoms. The Labute approximate surface area is 181 Å². The highest BCUT2D eigenvalue weighted by atomic mass is 16.3. The fourth-order valence-electron chi connectivity index (χ4n) is 3.65. The highest BCUT2D eigenvalue weighted by Crippen LogP contribution is 2.25. The predicted molar refractivity (Wildman–Crippen MR) is 122 cm³/mol. The number of carbonyl (C=O) groups excluding carboxylic acids is 1. The van der Waals surface area contributed by atoms with Crippen molar-refractivity contribution < 1.29 is 9.90 Å². The van der Waals surface area contributed by atoms with Crippen LogP contribution < -0.4 is 21.3 Å². The van der Waals surface area contributed by atoms with Crippen LogP contribution >= 0.6 is 0 Å². The van der Waals surface area contributed by atoms with Gasteiger partial charge in [-0.15, -0.1) is 0 Å². The predicted octanol–water partition coefficient (Wildman–Crippen LogP) is 3.33. The van der Waals surface area contributed by atoms with E-state index < -0.39 is 5.91 Å². The molecule has 1 aliphatic heterocycles. The van der Waals surface area contributed by atoms with Crippen molar-refractivity contribution in [3.63, 3.8) is 0 Å². The number of primary amides is 1. The lowest BCUT2D eigenvalue weighted by Gasteiger charge is -2.32. The van der Waals surface area contributed by atoms with Crippen molar-refractivity contribution >= 4 is 34.7 Å². The fourth-order valence-corrected chi connectivity index (χ4v) is 3.65. The van der Waals surface area contributed by atoms with Gasteiger partial charge < -0.3 is 26.4 Å². The van der Waals surface area contributed by atoms with Crippen molar-refractivity contribution in [2.75, 3.05) is 28.6 Å². The van der Waals surface area contributed by atoms with Gasteiger partial charge in [0, 0.05) is 36.3 Å². The molecule has 1 aromatic heterocycles. The molecule has 0 saturated carbocycles. The Balaban J connectivity index is 1.52. The van der Waals surface area contributed by atoms with Gasteiger partial charge in [0.2, 0.25) is 5.95 Å². The number of aliphatic hydroxyl groups is 1. The first kappa shape index (κ1) is 20.6. The molecule has 0 radical (unpaired) electrons. The third-order valence-corrected chi connectivity index (χ3v) is 5.22. The zero-order valence-corrected chi connectivity index (χ0v) is 17.4. The van der Waals surface area contributed by atoms with Crippen molar-refractivity contribution in [2.24, 2.45) is 5.73 Å². The molecule has 1 amide bonds. The lowest BCUT2D eigenvalue weighted by Crippen LogP contribution is -2.38. The van der Waals surface area contributed by atoms with E-state index in [1.54, 1.807) is 0 Å². The normalized spacial score (nSPS) is 16.1. The van der Waals surface area contributed by atoms with E-state index in [0.29, 0.717) is 18.3 Å². The third-order valence-electron chi connectivity index (χ3n) is 5.22. The summed E-state index contributed by atoms with van der Waals surface area (Å²) in [5.74, 6) is 0.0885. The molecule has 4 rings (SSSR count). The molecule has 0 bridgehead atoms. The number of hydrogen-bond acceptors (Lipinski definition) is 7. The van der Waals surface area contributed by atoms with Gasteiger partial charge in [-0.2, -0.15) is 4.98 Å². The van der Waals surface area contributed by atoms with Crippen LogP contribution in [-0.4, -0.2) is 40.2 Å². The molecule has 3 aromatic rings. The Kier molecular flexibility index (Phi) is 5.99. The van der Waals surface area contributed by atoms with Gasteiger partial charge in [-0.25, -0.2) is 4.98 Å². The van der Waals surface area contributed by atoms with Crippen LogP contribution in [0.2, 0.25) is 0 Å². The number of carbonyl (C=O) groups is 1. The minimum absolute atomic E-state index is 0.214. The van der Waals surface area contributed by atoms with E-state index in [1.807, 2.05) is 55.5 Å². The van der Waals surface area contributed by atoms with Crippen LogP contribution in [0.4, 0.5) is 28.8 Å². The van der Waals surface area contributed by atoms with Crippen LogP contribution in [0.15, 0.2) is 54.7 Å². The van der Waals surface area contributed by atoms with Gasteiger partial charge in [-0.3, -0.25) is 4.79 Å². The maximum Gasteiger partial charge on any atom is 0.254 e. The number of aromatic nitrogens is 2. The van der Waals surface area contributed by atoms with E-state index in [1.165, 1.54) is 6.20 Å². The van der Waals surface area contributed by atoms with E-state index in [-0.39, 0.29) is 11.7 Å². The number of hydrogen-bond donors (Lipinski definition) is 4. The second kappa shape index (κ2) is 9.01. The molecule has 2 heterocycles. The molecule has 8 nitrogen and oxygen atoms in total. The molecular formula is C23H26N6O2. The molecule has 1 saturated heterocycles. The van der Waals surface area contributed by atoms with Crippen molar-refractivity contribution in [3.05, 3.63) is 65.9 Å². The van der Waals surface area contributed by atoms with Gasteiger partial charge in [-0.05, 0) is 61.7 Å². The van der Waals surface area contributed by atoms with Crippen LogP contribution in [-0.2, 0) is 0 Å². The monoisotopic (exact) mass is 418 g/mol. The van der Waals surface area contributed by atoms with E-state index >= 15 is 0 Å². The number of amides is 1. The summed E-state index contributed by atoms with van der Waals surface area (Å²) in [6.45, 7) is 3.58. The molecule has 1 fully saturated rings. The summed E-state index contributed by atoms with van der Waals surface area (Å²) in [6, 6.07) is 15.6. The van der Waals surface area contributed by atoms with Crippen molar-refractivity contribution in [3.8, 4) is 0 Å². The summed E-state index contributed by atoms with van der Waals surface area (Å²) in [6.07, 6.45) is 2.98. The molecule has 160 valence electrons. The maximum absolute atomic E-state index is 11.8. The van der Waals surface area contributed by atoms with Crippen molar-refractivity contribution in [1.82, 2.24) is 9.97 Å². The number of anilines is 5.